The first kappa shape index (κ1) is 29.4. The summed E-state index contributed by atoms with van der Waals surface area (Å²) in [6, 6.07) is 5.32. The van der Waals surface area contributed by atoms with E-state index >= 15 is 0 Å². The predicted molar refractivity (Wildman–Crippen MR) is 125 cm³/mol. The van der Waals surface area contributed by atoms with Gasteiger partial charge in [-0.2, -0.15) is 8.42 Å². The molecule has 0 bridgehead atoms. The molecule has 0 aliphatic carbocycles. The summed E-state index contributed by atoms with van der Waals surface area (Å²) in [5.41, 5.74) is 1.75. The van der Waals surface area contributed by atoms with Crippen LogP contribution in [0.25, 0.3) is 0 Å². The number of rotatable bonds is 17. The quantitative estimate of drug-likeness (QED) is 0.144. The van der Waals surface area contributed by atoms with Gasteiger partial charge in [0, 0.05) is 37.7 Å². The summed E-state index contributed by atoms with van der Waals surface area (Å²) in [7, 11) is -3.63. The molecule has 0 aliphatic rings. The number of hydrogen-bond donors (Lipinski definition) is 0. The molecule has 0 saturated heterocycles. The van der Waals surface area contributed by atoms with E-state index in [-0.39, 0.29) is 44.3 Å². The Hall–Kier alpha value is 0.390. The molecule has 0 atom stereocenters. The molecule has 0 fully saturated rings. The number of aryl methyl sites for hydroxylation is 1. The summed E-state index contributed by atoms with van der Waals surface area (Å²) in [6.45, 7) is 6.30. The van der Waals surface area contributed by atoms with Crippen LogP contribution >= 0.6 is 0 Å². The molecule has 0 N–H and O–H groups in total. The molecule has 164 valence electrons. The Kier molecular flexibility index (Phi) is 18.3. The molecule has 0 spiro atoms. The fourth-order valence-electron chi connectivity index (χ4n) is 3.52. The van der Waals surface area contributed by atoms with E-state index < -0.39 is 10.1 Å². The van der Waals surface area contributed by atoms with Gasteiger partial charge in [-0.15, -0.1) is 0 Å². The Morgan fingerprint density at radius 1 is 0.724 bits per heavy atom. The van der Waals surface area contributed by atoms with Crippen LogP contribution in [0.1, 0.15) is 108 Å². The molecule has 1 aromatic rings. The summed E-state index contributed by atoms with van der Waals surface area (Å²) < 4.78 is 29.9. The van der Waals surface area contributed by atoms with Crippen molar-refractivity contribution in [3.05, 3.63) is 29.3 Å². The zero-order chi connectivity index (χ0) is 20.7. The average Bonchev–Trinajstić information content (AvgIpc) is 2.67. The molecule has 0 aliphatic heterocycles. The zero-order valence-electron chi connectivity index (χ0n) is 19.2. The van der Waals surface area contributed by atoms with Gasteiger partial charge >= 0.3 is 0 Å². The minimum Gasteiger partial charge on any atom is -0.266 e. The van der Waals surface area contributed by atoms with Crippen molar-refractivity contribution in [2.24, 2.45) is 0 Å². The van der Waals surface area contributed by atoms with Gasteiger partial charge in [0.15, 0.2) is 0 Å². The van der Waals surface area contributed by atoms with Crippen molar-refractivity contribution >= 4 is 47.9 Å². The summed E-state index contributed by atoms with van der Waals surface area (Å²) in [5, 5.41) is 0. The van der Waals surface area contributed by atoms with Crippen molar-refractivity contribution in [1.82, 2.24) is 0 Å². The van der Waals surface area contributed by atoms with Crippen LogP contribution in [-0.4, -0.2) is 52.8 Å². The van der Waals surface area contributed by atoms with Crippen molar-refractivity contribution in [2.45, 2.75) is 116 Å². The fraction of sp³-hybridized carbons (Fsp3) is 0.750. The first-order valence-electron chi connectivity index (χ1n) is 11.4. The molecule has 0 aromatic heterocycles. The second kappa shape index (κ2) is 18.0. The third-order valence-corrected chi connectivity index (χ3v) is 7.02. The van der Waals surface area contributed by atoms with E-state index in [0.29, 0.717) is 4.90 Å². The van der Waals surface area contributed by atoms with Crippen LogP contribution < -0.4 is 0 Å². The molecule has 2 radical (unpaired) electrons. The molecular weight excluding hydrogens is 408 g/mol. The first-order valence-corrected chi connectivity index (χ1v) is 12.9. The van der Waals surface area contributed by atoms with Crippen molar-refractivity contribution in [1.29, 1.82) is 0 Å². The number of hydrogen-bond acceptors (Lipinski definition) is 3. The van der Waals surface area contributed by atoms with Crippen molar-refractivity contribution in [3.8, 4) is 0 Å². The molecule has 5 heteroatoms. The van der Waals surface area contributed by atoms with Crippen LogP contribution in [0.4, 0.5) is 0 Å². The average molecular weight is 451 g/mol. The Balaban J connectivity index is 0.00000784. The molecule has 29 heavy (non-hydrogen) atoms. The second-order valence-electron chi connectivity index (χ2n) is 8.07. The Morgan fingerprint density at radius 3 is 1.66 bits per heavy atom. The van der Waals surface area contributed by atoms with E-state index in [9.17, 15) is 8.42 Å². The molecule has 0 unspecified atom stereocenters. The smallest absolute Gasteiger partial charge is 0.266 e. The molecule has 3 nitrogen and oxygen atoms in total. The molecule has 1 aromatic carbocycles. The summed E-state index contributed by atoms with van der Waals surface area (Å²) in [5.74, 6) is 0. The topological polar surface area (TPSA) is 43.4 Å². The van der Waals surface area contributed by atoms with Crippen LogP contribution in [-0.2, 0) is 14.3 Å². The Labute approximate surface area is 210 Å². The van der Waals surface area contributed by atoms with Crippen molar-refractivity contribution < 1.29 is 12.6 Å². The van der Waals surface area contributed by atoms with E-state index in [4.69, 9.17) is 4.18 Å². The van der Waals surface area contributed by atoms with Gasteiger partial charge in [0.25, 0.3) is 10.1 Å². The Morgan fingerprint density at radius 2 is 1.17 bits per heavy atom. The number of benzene rings is 1. The van der Waals surface area contributed by atoms with E-state index in [1.165, 1.54) is 77.0 Å². The van der Waals surface area contributed by atoms with Gasteiger partial charge in [0.1, 0.15) is 0 Å². The molecule has 1 rings (SSSR count). The van der Waals surface area contributed by atoms with Crippen LogP contribution in [0.3, 0.4) is 0 Å². The third-order valence-electron chi connectivity index (χ3n) is 5.56. The van der Waals surface area contributed by atoms with Gasteiger partial charge in [-0.05, 0) is 37.5 Å². The van der Waals surface area contributed by atoms with Crippen LogP contribution in [0.2, 0.25) is 0 Å². The van der Waals surface area contributed by atoms with Crippen LogP contribution in [0.5, 0.6) is 0 Å². The summed E-state index contributed by atoms with van der Waals surface area (Å²) >= 11 is 0. The SMILES string of the molecule is CCCCCCCCCCCCCCCCOS(=O)(=O)c1cccc(C)c1C.[Ca]. The standard InChI is InChI=1S/C24H42O3S.Ca/c1-4-5-6-7-8-9-10-11-12-13-14-15-16-17-21-27-28(25,26)24-20-18-19-22(2)23(24)3;/h18-20H,4-17,21H2,1-3H3;. The predicted octanol–water partition coefficient (Wildman–Crippen LogP) is 7.11. The maximum absolute atomic E-state index is 12.3. The second-order valence-corrected chi connectivity index (χ2v) is 9.65. The zero-order valence-corrected chi connectivity index (χ0v) is 22.2. The van der Waals surface area contributed by atoms with Crippen molar-refractivity contribution in [2.75, 3.05) is 6.61 Å². The number of unbranched alkanes of at least 4 members (excludes halogenated alkanes) is 13. The molecular formula is C24H42CaO3S. The first-order chi connectivity index (χ1) is 13.5. The van der Waals surface area contributed by atoms with Gasteiger partial charge in [-0.1, -0.05) is 103 Å². The molecule has 0 saturated carbocycles. The maximum Gasteiger partial charge on any atom is 0.297 e. The van der Waals surface area contributed by atoms with Crippen molar-refractivity contribution in [3.63, 3.8) is 0 Å². The third kappa shape index (κ3) is 13.4. The van der Waals surface area contributed by atoms with Crippen LogP contribution in [0, 0.1) is 13.8 Å². The van der Waals surface area contributed by atoms with E-state index in [2.05, 4.69) is 6.92 Å². The molecule has 0 heterocycles. The largest absolute Gasteiger partial charge is 0.297 e. The Bertz CT molecular complexity index is 629. The summed E-state index contributed by atoms with van der Waals surface area (Å²) in [4.78, 5) is 0.304. The monoisotopic (exact) mass is 450 g/mol. The van der Waals surface area contributed by atoms with E-state index in [1.54, 1.807) is 12.1 Å². The van der Waals surface area contributed by atoms with E-state index in [1.807, 2.05) is 19.9 Å². The van der Waals surface area contributed by atoms with Gasteiger partial charge < -0.3 is 0 Å². The van der Waals surface area contributed by atoms with Gasteiger partial charge in [-0.25, -0.2) is 0 Å². The van der Waals surface area contributed by atoms with E-state index in [0.717, 1.165) is 24.0 Å². The fourth-order valence-corrected chi connectivity index (χ4v) is 4.77. The minimum atomic E-state index is -3.63. The maximum atomic E-state index is 12.3. The van der Waals surface area contributed by atoms with Gasteiger partial charge in [0.2, 0.25) is 0 Å². The van der Waals surface area contributed by atoms with Gasteiger partial charge in [-0.3, -0.25) is 4.18 Å². The minimum absolute atomic E-state index is 0. The normalized spacial score (nSPS) is 11.4. The molecule has 0 amide bonds. The van der Waals surface area contributed by atoms with Crippen LogP contribution in [0.15, 0.2) is 23.1 Å². The van der Waals surface area contributed by atoms with Gasteiger partial charge in [0.05, 0.1) is 11.5 Å². The summed E-state index contributed by atoms with van der Waals surface area (Å²) in [6.07, 6.45) is 18.0.